The Bertz CT molecular complexity index is 974. The maximum atomic E-state index is 12.9. The molecule has 2 N–H and O–H groups in total. The summed E-state index contributed by atoms with van der Waals surface area (Å²) in [4.78, 5) is 2.53. The number of sulfonamides is 1. The third-order valence-electron chi connectivity index (χ3n) is 5.51. The van der Waals surface area contributed by atoms with E-state index in [1.54, 1.807) is 12.1 Å². The van der Waals surface area contributed by atoms with Gasteiger partial charge >= 0.3 is 0 Å². The number of anilines is 1. The molecular formula is C21H27N3O3S2. The maximum absolute atomic E-state index is 12.9. The Morgan fingerprint density at radius 1 is 1.00 bits per heavy atom. The largest absolute Gasteiger partial charge is 0.354 e. The summed E-state index contributed by atoms with van der Waals surface area (Å²) in [5.74, 6) is 0.306. The van der Waals surface area contributed by atoms with Gasteiger partial charge in [0.25, 0.3) is 0 Å². The van der Waals surface area contributed by atoms with E-state index >= 15 is 0 Å². The first-order valence-corrected chi connectivity index (χ1v) is 12.9. The van der Waals surface area contributed by atoms with Gasteiger partial charge in [-0.25, -0.2) is 13.1 Å². The summed E-state index contributed by atoms with van der Waals surface area (Å²) >= 11 is 0. The van der Waals surface area contributed by atoms with Crippen molar-refractivity contribution in [3.63, 3.8) is 0 Å². The minimum absolute atomic E-state index is 0.129. The van der Waals surface area contributed by atoms with Crippen molar-refractivity contribution < 1.29 is 12.6 Å². The summed E-state index contributed by atoms with van der Waals surface area (Å²) in [6, 6.07) is 15.5. The Balaban J connectivity index is 1.47. The van der Waals surface area contributed by atoms with E-state index in [1.165, 1.54) is 12.8 Å². The molecular weight excluding hydrogens is 406 g/mol. The third-order valence-corrected chi connectivity index (χ3v) is 8.57. The van der Waals surface area contributed by atoms with E-state index < -0.39 is 20.8 Å². The van der Waals surface area contributed by atoms with Gasteiger partial charge in [-0.3, -0.25) is 4.21 Å². The Labute approximate surface area is 175 Å². The van der Waals surface area contributed by atoms with Crippen LogP contribution in [0.25, 0.3) is 0 Å². The first-order valence-electron chi connectivity index (χ1n) is 10.1. The molecule has 1 aliphatic carbocycles. The highest BCUT2D eigenvalue weighted by atomic mass is 32.2. The maximum Gasteiger partial charge on any atom is 0.241 e. The molecule has 29 heavy (non-hydrogen) atoms. The smallest absolute Gasteiger partial charge is 0.241 e. The molecule has 0 spiro atoms. The molecule has 1 atom stereocenters. The molecule has 2 aromatic rings. The lowest BCUT2D eigenvalue weighted by atomic mass is 10.2. The van der Waals surface area contributed by atoms with Crippen LogP contribution in [-0.4, -0.2) is 37.6 Å². The SMILES string of the molecule is O=S1CN(Cc2ccccc2)c2cccc(S(=O)(=O)NCCNC3CCCC3)c21. The summed E-state index contributed by atoms with van der Waals surface area (Å²) in [7, 11) is -5.10. The first-order chi connectivity index (χ1) is 14.0. The predicted octanol–water partition coefficient (Wildman–Crippen LogP) is 2.58. The number of hydrogen-bond donors (Lipinski definition) is 2. The van der Waals surface area contributed by atoms with Gasteiger partial charge in [0.15, 0.2) is 0 Å². The van der Waals surface area contributed by atoms with Crippen molar-refractivity contribution in [3.05, 3.63) is 54.1 Å². The minimum atomic E-state index is -3.72. The Morgan fingerprint density at radius 2 is 1.76 bits per heavy atom. The zero-order chi connectivity index (χ0) is 20.3. The standard InChI is InChI=1S/C21H27N3O3S2/c25-28-16-24(15-17-7-2-1-3-8-17)19-11-6-12-20(21(19)28)29(26,27)23-14-13-22-18-9-4-5-10-18/h1-3,6-8,11-12,18,22-23H,4-5,9-10,13-16H2. The zero-order valence-electron chi connectivity index (χ0n) is 16.3. The molecule has 0 radical (unpaired) electrons. The van der Waals surface area contributed by atoms with Crippen molar-refractivity contribution in [3.8, 4) is 0 Å². The molecule has 0 saturated heterocycles. The number of hydrogen-bond acceptors (Lipinski definition) is 5. The predicted molar refractivity (Wildman–Crippen MR) is 116 cm³/mol. The quantitative estimate of drug-likeness (QED) is 0.626. The van der Waals surface area contributed by atoms with E-state index in [0.717, 1.165) is 24.1 Å². The molecule has 1 unspecified atom stereocenters. The van der Waals surface area contributed by atoms with E-state index in [4.69, 9.17) is 0 Å². The number of rotatable bonds is 8. The topological polar surface area (TPSA) is 78.5 Å². The Hall–Kier alpha value is -1.74. The van der Waals surface area contributed by atoms with Crippen LogP contribution in [0.4, 0.5) is 5.69 Å². The fourth-order valence-electron chi connectivity index (χ4n) is 4.07. The van der Waals surface area contributed by atoms with Gasteiger partial charge < -0.3 is 10.2 Å². The second-order valence-electron chi connectivity index (χ2n) is 7.60. The van der Waals surface area contributed by atoms with Gasteiger partial charge in [0.1, 0.15) is 4.90 Å². The van der Waals surface area contributed by atoms with Gasteiger partial charge in [-0.1, -0.05) is 49.2 Å². The Morgan fingerprint density at radius 3 is 2.52 bits per heavy atom. The van der Waals surface area contributed by atoms with Crippen molar-refractivity contribution in [2.24, 2.45) is 0 Å². The van der Waals surface area contributed by atoms with Crippen LogP contribution in [-0.2, 0) is 27.4 Å². The van der Waals surface area contributed by atoms with Crippen molar-refractivity contribution in [2.75, 3.05) is 23.9 Å². The summed E-state index contributed by atoms with van der Waals surface area (Å²) < 4.78 is 41.3. The molecule has 1 heterocycles. The van der Waals surface area contributed by atoms with Crippen molar-refractivity contribution in [1.29, 1.82) is 0 Å². The van der Waals surface area contributed by atoms with Crippen LogP contribution in [0.5, 0.6) is 0 Å². The number of fused-ring (bicyclic) bond motifs is 1. The van der Waals surface area contributed by atoms with E-state index in [-0.39, 0.29) is 4.90 Å². The summed E-state index contributed by atoms with van der Waals surface area (Å²) in [6.07, 6.45) is 4.81. The molecule has 156 valence electrons. The minimum Gasteiger partial charge on any atom is -0.354 e. The van der Waals surface area contributed by atoms with Crippen molar-refractivity contribution in [2.45, 2.75) is 48.1 Å². The fraction of sp³-hybridized carbons (Fsp3) is 0.429. The lowest BCUT2D eigenvalue weighted by Crippen LogP contribution is -2.36. The van der Waals surface area contributed by atoms with Gasteiger partial charge in [0.05, 0.1) is 27.3 Å². The van der Waals surface area contributed by atoms with E-state index in [9.17, 15) is 12.6 Å². The molecule has 0 amide bonds. The number of nitrogens with zero attached hydrogens (tertiary/aromatic N) is 1. The molecule has 8 heteroatoms. The molecule has 4 rings (SSSR count). The average Bonchev–Trinajstić information content (AvgIpc) is 3.35. The molecule has 6 nitrogen and oxygen atoms in total. The zero-order valence-corrected chi connectivity index (χ0v) is 18.0. The molecule has 1 saturated carbocycles. The lowest BCUT2D eigenvalue weighted by molar-refractivity contribution is 0.520. The van der Waals surface area contributed by atoms with Crippen molar-refractivity contribution >= 4 is 26.5 Å². The molecule has 1 aliphatic heterocycles. The molecule has 0 bridgehead atoms. The molecule has 1 fully saturated rings. The van der Waals surface area contributed by atoms with Gasteiger partial charge in [0.2, 0.25) is 10.0 Å². The number of nitrogens with one attached hydrogen (secondary N) is 2. The van der Waals surface area contributed by atoms with Crippen molar-refractivity contribution in [1.82, 2.24) is 10.0 Å². The third kappa shape index (κ3) is 4.71. The monoisotopic (exact) mass is 433 g/mol. The fourth-order valence-corrected chi connectivity index (χ4v) is 7.18. The average molecular weight is 434 g/mol. The van der Waals surface area contributed by atoms with Crippen LogP contribution in [0, 0.1) is 0 Å². The van der Waals surface area contributed by atoms with Crippen LogP contribution < -0.4 is 14.9 Å². The van der Waals surface area contributed by atoms with Gasteiger partial charge in [-0.15, -0.1) is 0 Å². The molecule has 2 aliphatic rings. The second-order valence-corrected chi connectivity index (χ2v) is 10.7. The first kappa shape index (κ1) is 20.5. The Kier molecular flexibility index (Phi) is 6.34. The highest BCUT2D eigenvalue weighted by Gasteiger charge is 2.32. The highest BCUT2D eigenvalue weighted by molar-refractivity contribution is 7.91. The van der Waals surface area contributed by atoms with E-state index in [1.807, 2.05) is 41.3 Å². The molecule has 0 aromatic heterocycles. The second kappa shape index (κ2) is 8.95. The lowest BCUT2D eigenvalue weighted by Gasteiger charge is -2.18. The summed E-state index contributed by atoms with van der Waals surface area (Å²) in [5, 5.41) is 3.41. The van der Waals surface area contributed by atoms with E-state index in [0.29, 0.717) is 36.4 Å². The number of benzene rings is 2. The van der Waals surface area contributed by atoms with Crippen LogP contribution in [0.15, 0.2) is 58.3 Å². The van der Waals surface area contributed by atoms with Gasteiger partial charge in [-0.05, 0) is 30.5 Å². The summed E-state index contributed by atoms with van der Waals surface area (Å²) in [5.41, 5.74) is 1.83. The van der Waals surface area contributed by atoms with Crippen LogP contribution >= 0.6 is 0 Å². The highest BCUT2D eigenvalue weighted by Crippen LogP contribution is 2.37. The van der Waals surface area contributed by atoms with Gasteiger partial charge in [0, 0.05) is 25.7 Å². The van der Waals surface area contributed by atoms with E-state index in [2.05, 4.69) is 10.0 Å². The summed E-state index contributed by atoms with van der Waals surface area (Å²) in [6.45, 7) is 1.52. The van der Waals surface area contributed by atoms with Gasteiger partial charge in [-0.2, -0.15) is 0 Å². The van der Waals surface area contributed by atoms with Crippen LogP contribution in [0.3, 0.4) is 0 Å². The van der Waals surface area contributed by atoms with Crippen LogP contribution in [0.2, 0.25) is 0 Å². The van der Waals surface area contributed by atoms with Crippen LogP contribution in [0.1, 0.15) is 31.2 Å². The molecule has 2 aromatic carbocycles. The normalized spacial score (nSPS) is 19.6.